The molecule has 13 N–H and O–H groups in total. The molecule has 0 aliphatic rings. The molecule has 1 aromatic rings. The van der Waals surface area contributed by atoms with Crippen molar-refractivity contribution in [2.24, 2.45) is 28.3 Å². The number of carboxylic acid groups (broad SMARTS) is 1. The number of nitrogens with zero attached hydrogens (tertiary/aromatic N) is 2. The van der Waals surface area contributed by atoms with Crippen LogP contribution in [0.2, 0.25) is 0 Å². The van der Waals surface area contributed by atoms with E-state index in [4.69, 9.17) is 11.5 Å². The zero-order valence-electron chi connectivity index (χ0n) is 32.5. The molecule has 0 spiro atoms. The fraction of sp³-hybridized carbons (Fsp3) is 0.647. The molecule has 1 aromatic heterocycles. The summed E-state index contributed by atoms with van der Waals surface area (Å²) in [4.78, 5) is 112. The highest BCUT2D eigenvalue weighted by Crippen LogP contribution is 2.09. The third-order valence-electron chi connectivity index (χ3n) is 7.86. The summed E-state index contributed by atoms with van der Waals surface area (Å²) < 4.78 is 0. The Hall–Kier alpha value is -5.76. The Kier molecular flexibility index (Phi) is 20.5. The first-order chi connectivity index (χ1) is 25.7. The minimum absolute atomic E-state index is 0.0107. The van der Waals surface area contributed by atoms with Crippen LogP contribution in [0.25, 0.3) is 0 Å². The number of carbonyl (C=O) groups is 8. The Morgan fingerprint density at radius 2 is 1.25 bits per heavy atom. The van der Waals surface area contributed by atoms with E-state index >= 15 is 0 Å². The molecule has 0 aliphatic heterocycles. The fourth-order valence-corrected chi connectivity index (χ4v) is 5.14. The van der Waals surface area contributed by atoms with Crippen molar-refractivity contribution in [3.05, 3.63) is 18.2 Å². The summed E-state index contributed by atoms with van der Waals surface area (Å²) in [5, 5.41) is 27.1. The highest BCUT2D eigenvalue weighted by Gasteiger charge is 2.31. The predicted molar refractivity (Wildman–Crippen MR) is 200 cm³/mol. The summed E-state index contributed by atoms with van der Waals surface area (Å²) in [6.45, 7) is 10.9. The van der Waals surface area contributed by atoms with Gasteiger partial charge in [-0.3, -0.25) is 38.6 Å². The summed E-state index contributed by atoms with van der Waals surface area (Å²) in [6.07, 6.45) is 3.49. The molecule has 0 aliphatic carbocycles. The van der Waals surface area contributed by atoms with E-state index < -0.39 is 90.1 Å². The van der Waals surface area contributed by atoms with Gasteiger partial charge in [-0.1, -0.05) is 27.7 Å². The first kappa shape index (κ1) is 47.3. The number of aromatic amines is 1. The van der Waals surface area contributed by atoms with E-state index in [1.165, 1.54) is 33.3 Å². The van der Waals surface area contributed by atoms with Crippen molar-refractivity contribution >= 4 is 53.3 Å². The Labute approximate surface area is 320 Å². The second kappa shape index (κ2) is 23.8. The molecule has 21 nitrogen and oxygen atoms in total. The normalized spacial score (nSPS) is 14.2. The molecule has 7 amide bonds. The van der Waals surface area contributed by atoms with Gasteiger partial charge in [-0.25, -0.2) is 9.78 Å². The number of imidazole rings is 1. The van der Waals surface area contributed by atoms with Crippen LogP contribution in [0.15, 0.2) is 17.5 Å². The van der Waals surface area contributed by atoms with E-state index in [-0.39, 0.29) is 56.4 Å². The quantitative estimate of drug-likeness (QED) is 0.0290. The Balaban J connectivity index is 2.95. The topological polar surface area (TPSA) is 334 Å². The second-order valence-corrected chi connectivity index (χ2v) is 14.0. The summed E-state index contributed by atoms with van der Waals surface area (Å²) in [5.41, 5.74) is 11.1. The summed E-state index contributed by atoms with van der Waals surface area (Å²) in [5.74, 6) is -6.28. The summed E-state index contributed by atoms with van der Waals surface area (Å²) in [6, 6.07) is -6.79. The highest BCUT2D eigenvalue weighted by molar-refractivity contribution is 5.96. The van der Waals surface area contributed by atoms with Crippen LogP contribution in [0.1, 0.15) is 79.8 Å². The number of aromatic nitrogens is 2. The van der Waals surface area contributed by atoms with Crippen LogP contribution < -0.4 is 48.7 Å². The molecule has 0 saturated heterocycles. The van der Waals surface area contributed by atoms with Crippen LogP contribution in [-0.2, 0) is 44.8 Å². The number of rotatable bonds is 24. The molecule has 0 unspecified atom stereocenters. The van der Waals surface area contributed by atoms with Gasteiger partial charge in [0.25, 0.3) is 0 Å². The fourth-order valence-electron chi connectivity index (χ4n) is 5.14. The lowest BCUT2D eigenvalue weighted by molar-refractivity contribution is -0.142. The van der Waals surface area contributed by atoms with Crippen LogP contribution in [0.3, 0.4) is 0 Å². The number of hydrogen-bond donors (Lipinski definition) is 11. The van der Waals surface area contributed by atoms with Crippen LogP contribution in [0.5, 0.6) is 0 Å². The van der Waals surface area contributed by atoms with Crippen molar-refractivity contribution in [3.8, 4) is 0 Å². The number of amides is 7. The maximum Gasteiger partial charge on any atom is 0.326 e. The van der Waals surface area contributed by atoms with Crippen molar-refractivity contribution in [1.82, 2.24) is 47.2 Å². The van der Waals surface area contributed by atoms with Crippen LogP contribution >= 0.6 is 0 Å². The number of aliphatic carboxylic acids is 1. The number of aliphatic imine (C=N–C) groups is 1. The molecular weight excluding hydrogens is 720 g/mol. The van der Waals surface area contributed by atoms with E-state index in [1.807, 2.05) is 27.7 Å². The lowest BCUT2D eigenvalue weighted by Gasteiger charge is -2.25. The molecule has 0 bridgehead atoms. The van der Waals surface area contributed by atoms with Crippen LogP contribution in [0.4, 0.5) is 0 Å². The largest absolute Gasteiger partial charge is 0.480 e. The van der Waals surface area contributed by atoms with Crippen molar-refractivity contribution < 1.29 is 43.5 Å². The Morgan fingerprint density at radius 3 is 1.76 bits per heavy atom. The predicted octanol–water partition coefficient (Wildman–Crippen LogP) is -2.73. The number of H-pyrrole nitrogens is 1. The van der Waals surface area contributed by atoms with E-state index in [1.54, 1.807) is 0 Å². The zero-order valence-corrected chi connectivity index (χ0v) is 32.5. The Morgan fingerprint density at radius 1 is 0.727 bits per heavy atom. The first-order valence-corrected chi connectivity index (χ1v) is 18.0. The monoisotopic (exact) mass is 778 g/mol. The van der Waals surface area contributed by atoms with E-state index in [9.17, 15) is 43.5 Å². The van der Waals surface area contributed by atoms with Gasteiger partial charge in [0.15, 0.2) is 5.96 Å². The number of guanidine groups is 1. The minimum atomic E-state index is -1.28. The average molecular weight is 779 g/mol. The third kappa shape index (κ3) is 19.2. The molecule has 21 heteroatoms. The molecule has 1 rings (SSSR count). The van der Waals surface area contributed by atoms with Gasteiger partial charge in [-0.05, 0) is 51.4 Å². The SMILES string of the molecule is CC(=O)N[C@@H](C)C(=O)N[C@@H](Cc1cnc[nH]1)C(=O)N[C@@H](CC(C)C)C(=O)NCC(=O)N[C@@H](CC(C)C)C(=O)N[C@@H](C)C(=O)N[C@@H](CCCN=C(N)N)C(=O)O. The van der Waals surface area contributed by atoms with Crippen molar-refractivity contribution in [2.75, 3.05) is 13.1 Å². The van der Waals surface area contributed by atoms with Gasteiger partial charge in [0.05, 0.1) is 12.9 Å². The molecule has 0 radical (unpaired) electrons. The van der Waals surface area contributed by atoms with Gasteiger partial charge in [-0.15, -0.1) is 0 Å². The zero-order chi connectivity index (χ0) is 41.8. The maximum atomic E-state index is 13.5. The molecule has 308 valence electrons. The van der Waals surface area contributed by atoms with Crippen molar-refractivity contribution in [2.45, 2.75) is 117 Å². The number of nitrogens with one attached hydrogen (secondary N) is 8. The van der Waals surface area contributed by atoms with E-state index in [0.717, 1.165) is 0 Å². The van der Waals surface area contributed by atoms with Gasteiger partial charge in [0.2, 0.25) is 41.4 Å². The number of carbonyl (C=O) groups excluding carboxylic acids is 7. The second-order valence-electron chi connectivity index (χ2n) is 14.0. The molecular formula is C34H58N12O9. The molecule has 6 atom stereocenters. The van der Waals surface area contributed by atoms with Crippen molar-refractivity contribution in [1.29, 1.82) is 0 Å². The van der Waals surface area contributed by atoms with Crippen LogP contribution in [-0.4, -0.2) is 118 Å². The average Bonchev–Trinajstić information content (AvgIpc) is 3.59. The smallest absolute Gasteiger partial charge is 0.326 e. The van der Waals surface area contributed by atoms with Gasteiger partial charge in [-0.2, -0.15) is 0 Å². The highest BCUT2D eigenvalue weighted by atomic mass is 16.4. The molecule has 0 aromatic carbocycles. The number of nitrogens with two attached hydrogens (primary N) is 2. The number of hydrogen-bond acceptors (Lipinski definition) is 10. The molecule has 0 saturated carbocycles. The van der Waals surface area contributed by atoms with E-state index in [0.29, 0.717) is 5.69 Å². The lowest BCUT2D eigenvalue weighted by Crippen LogP contribution is -2.58. The van der Waals surface area contributed by atoms with Crippen molar-refractivity contribution in [3.63, 3.8) is 0 Å². The third-order valence-corrected chi connectivity index (χ3v) is 7.86. The summed E-state index contributed by atoms with van der Waals surface area (Å²) >= 11 is 0. The first-order valence-electron chi connectivity index (χ1n) is 18.0. The van der Waals surface area contributed by atoms with E-state index in [2.05, 4.69) is 52.2 Å². The number of carboxylic acids is 1. The van der Waals surface area contributed by atoms with Gasteiger partial charge in [0, 0.05) is 31.8 Å². The maximum absolute atomic E-state index is 13.5. The molecule has 1 heterocycles. The van der Waals surface area contributed by atoms with Gasteiger partial charge < -0.3 is 58.8 Å². The molecule has 0 fully saturated rings. The lowest BCUT2D eigenvalue weighted by atomic mass is 10.0. The Bertz CT molecular complexity index is 1500. The minimum Gasteiger partial charge on any atom is -0.480 e. The van der Waals surface area contributed by atoms with Crippen LogP contribution in [0, 0.1) is 11.8 Å². The van der Waals surface area contributed by atoms with Gasteiger partial charge >= 0.3 is 5.97 Å². The van der Waals surface area contributed by atoms with Gasteiger partial charge in [0.1, 0.15) is 36.3 Å². The summed E-state index contributed by atoms with van der Waals surface area (Å²) in [7, 11) is 0. The molecule has 55 heavy (non-hydrogen) atoms. The standard InChI is InChI=1S/C34H58N12O9/c1-17(2)11-24(46-32(53)26(13-22-14-37-16-40-22)45-28(49)19(5)41-21(7)47)30(51)39-15-27(48)43-25(12-18(3)4)31(52)42-20(6)29(50)44-23(33(54)55)9-8-10-38-34(35)36/h14,16-20,23-26H,8-13,15H2,1-7H3,(H,37,40)(H,39,51)(H,41,47)(H,42,52)(H,43,48)(H,44,50)(H,45,49)(H,46,53)(H,54,55)(H4,35,36,38)/t19-,20-,23-,24-,25-,26-/m0/s1.